The summed E-state index contributed by atoms with van der Waals surface area (Å²) in [4.78, 5) is 15.8. The molecule has 0 amide bonds. The molecule has 1 N–H and O–H groups in total. The van der Waals surface area contributed by atoms with E-state index >= 15 is 0 Å². The lowest BCUT2D eigenvalue weighted by Gasteiger charge is -2.06. The molecule has 2 rings (SSSR count). The van der Waals surface area contributed by atoms with E-state index in [1.807, 2.05) is 11.4 Å². The summed E-state index contributed by atoms with van der Waals surface area (Å²) in [7, 11) is 0. The topological polar surface area (TPSA) is 59.4 Å². The number of carboxylic acids is 1. The molecule has 2 heterocycles. The number of hydrogen-bond acceptors (Lipinski definition) is 4. The molecule has 0 aliphatic rings. The molecule has 2 aromatic rings. The minimum absolute atomic E-state index is 0.121. The van der Waals surface area contributed by atoms with Crippen LogP contribution in [0, 0.1) is 0 Å². The predicted molar refractivity (Wildman–Crippen MR) is 67.5 cm³/mol. The average molecular weight is 314 g/mol. The Bertz CT molecular complexity index is 541. The Balaban J connectivity index is 2.11. The second kappa shape index (κ2) is 5.29. The van der Waals surface area contributed by atoms with Gasteiger partial charge in [0.15, 0.2) is 5.75 Å². The summed E-state index contributed by atoms with van der Waals surface area (Å²) < 4.78 is 6.44. The van der Waals surface area contributed by atoms with E-state index in [2.05, 4.69) is 20.9 Å². The molecule has 4 nitrogen and oxygen atoms in total. The van der Waals surface area contributed by atoms with Crippen molar-refractivity contribution < 1.29 is 14.6 Å². The fourth-order valence-corrected chi connectivity index (χ4v) is 2.61. The molecule has 0 spiro atoms. The highest BCUT2D eigenvalue weighted by atomic mass is 79.9. The largest absolute Gasteiger partial charge is 0.486 e. The van der Waals surface area contributed by atoms with Crippen LogP contribution in [0.3, 0.4) is 0 Å². The Kier molecular flexibility index (Phi) is 3.75. The number of aromatic carboxylic acids is 1. The third-order valence-electron chi connectivity index (χ3n) is 2.01. The van der Waals surface area contributed by atoms with E-state index in [-0.39, 0.29) is 11.3 Å². The summed E-state index contributed by atoms with van der Waals surface area (Å²) in [6.07, 6.45) is 2.84. The van der Waals surface area contributed by atoms with Gasteiger partial charge in [-0.1, -0.05) is 0 Å². The van der Waals surface area contributed by atoms with Crippen molar-refractivity contribution in [2.75, 3.05) is 0 Å². The molecular formula is C11H8BrNO3S. The zero-order chi connectivity index (χ0) is 12.3. The van der Waals surface area contributed by atoms with Crippen molar-refractivity contribution in [2.24, 2.45) is 0 Å². The highest BCUT2D eigenvalue weighted by Crippen LogP contribution is 2.23. The van der Waals surface area contributed by atoms with Gasteiger partial charge in [-0.05, 0) is 28.1 Å². The second-order valence-electron chi connectivity index (χ2n) is 3.20. The van der Waals surface area contributed by atoms with Crippen molar-refractivity contribution in [1.29, 1.82) is 0 Å². The SMILES string of the molecule is O=C(O)c1ccncc1OCc1cc(Br)cs1. The van der Waals surface area contributed by atoms with Crippen LogP contribution in [0.25, 0.3) is 0 Å². The summed E-state index contributed by atoms with van der Waals surface area (Å²) in [6, 6.07) is 3.35. The normalized spacial score (nSPS) is 10.2. The van der Waals surface area contributed by atoms with Crippen LogP contribution in [0.1, 0.15) is 15.2 Å². The van der Waals surface area contributed by atoms with Gasteiger partial charge in [0.25, 0.3) is 0 Å². The molecule has 0 bridgehead atoms. The number of aromatic nitrogens is 1. The van der Waals surface area contributed by atoms with Gasteiger partial charge in [0.2, 0.25) is 0 Å². The Hall–Kier alpha value is -1.40. The minimum atomic E-state index is -1.02. The molecule has 0 aromatic carbocycles. The van der Waals surface area contributed by atoms with Crippen molar-refractivity contribution in [3.8, 4) is 5.75 Å². The van der Waals surface area contributed by atoms with E-state index in [9.17, 15) is 4.79 Å². The first kappa shape index (κ1) is 12.1. The van der Waals surface area contributed by atoms with Gasteiger partial charge in [-0.25, -0.2) is 4.79 Å². The Morgan fingerprint density at radius 2 is 2.41 bits per heavy atom. The summed E-state index contributed by atoms with van der Waals surface area (Å²) in [6.45, 7) is 0.336. The lowest BCUT2D eigenvalue weighted by atomic mass is 10.2. The second-order valence-corrected chi connectivity index (χ2v) is 5.11. The zero-order valence-electron chi connectivity index (χ0n) is 8.59. The van der Waals surface area contributed by atoms with Crippen molar-refractivity contribution in [2.45, 2.75) is 6.61 Å². The molecule has 0 atom stereocenters. The Morgan fingerprint density at radius 3 is 3.06 bits per heavy atom. The lowest BCUT2D eigenvalue weighted by Crippen LogP contribution is -2.03. The van der Waals surface area contributed by atoms with Crippen molar-refractivity contribution in [3.05, 3.63) is 44.8 Å². The third-order valence-corrected chi connectivity index (χ3v) is 3.68. The first-order chi connectivity index (χ1) is 8.16. The number of rotatable bonds is 4. The summed E-state index contributed by atoms with van der Waals surface area (Å²) >= 11 is 4.89. The third kappa shape index (κ3) is 3.04. The highest BCUT2D eigenvalue weighted by molar-refractivity contribution is 9.10. The molecule has 0 saturated carbocycles. The van der Waals surface area contributed by atoms with E-state index < -0.39 is 5.97 Å². The fraction of sp³-hybridized carbons (Fsp3) is 0.0909. The standard InChI is InChI=1S/C11H8BrNO3S/c12-7-3-8(17-6-7)5-16-10-4-13-2-1-9(10)11(14)15/h1-4,6H,5H2,(H,14,15). The van der Waals surface area contributed by atoms with Crippen molar-refractivity contribution in [3.63, 3.8) is 0 Å². The van der Waals surface area contributed by atoms with Gasteiger partial charge in [0, 0.05) is 20.9 Å². The smallest absolute Gasteiger partial charge is 0.339 e. The van der Waals surface area contributed by atoms with E-state index in [1.165, 1.54) is 18.5 Å². The van der Waals surface area contributed by atoms with Crippen LogP contribution in [-0.2, 0) is 6.61 Å². The monoisotopic (exact) mass is 313 g/mol. The van der Waals surface area contributed by atoms with Crippen LogP contribution in [0.5, 0.6) is 5.75 Å². The number of thiophene rings is 1. The molecule has 17 heavy (non-hydrogen) atoms. The molecule has 0 fully saturated rings. The summed E-state index contributed by atoms with van der Waals surface area (Å²) in [5, 5.41) is 10.9. The molecule has 0 radical (unpaired) electrons. The molecule has 6 heteroatoms. The lowest BCUT2D eigenvalue weighted by molar-refractivity contribution is 0.0691. The van der Waals surface area contributed by atoms with Crippen LogP contribution in [0.2, 0.25) is 0 Å². The van der Waals surface area contributed by atoms with Crippen LogP contribution in [0.4, 0.5) is 0 Å². The number of carbonyl (C=O) groups is 1. The van der Waals surface area contributed by atoms with Crippen LogP contribution < -0.4 is 4.74 Å². The molecular weight excluding hydrogens is 306 g/mol. The maximum absolute atomic E-state index is 10.9. The quantitative estimate of drug-likeness (QED) is 0.941. The van der Waals surface area contributed by atoms with Gasteiger partial charge in [0.1, 0.15) is 12.2 Å². The van der Waals surface area contributed by atoms with Gasteiger partial charge in [-0.15, -0.1) is 11.3 Å². The minimum Gasteiger partial charge on any atom is -0.486 e. The average Bonchev–Trinajstić information content (AvgIpc) is 2.73. The maximum Gasteiger partial charge on any atom is 0.339 e. The summed E-state index contributed by atoms with van der Waals surface area (Å²) in [5.41, 5.74) is 0.121. The number of nitrogens with zero attached hydrogens (tertiary/aromatic N) is 1. The van der Waals surface area contributed by atoms with Crippen molar-refractivity contribution >= 4 is 33.2 Å². The molecule has 0 unspecified atom stereocenters. The van der Waals surface area contributed by atoms with Gasteiger partial charge in [-0.3, -0.25) is 4.98 Å². The first-order valence-corrected chi connectivity index (χ1v) is 6.37. The molecule has 0 saturated heterocycles. The number of pyridine rings is 1. The van der Waals surface area contributed by atoms with Crippen LogP contribution in [0.15, 0.2) is 34.4 Å². The van der Waals surface area contributed by atoms with Gasteiger partial charge in [0.05, 0.1) is 6.20 Å². The van der Waals surface area contributed by atoms with Gasteiger partial charge < -0.3 is 9.84 Å². The Labute approximate surface area is 110 Å². The van der Waals surface area contributed by atoms with Crippen LogP contribution in [-0.4, -0.2) is 16.1 Å². The molecule has 0 aliphatic heterocycles. The summed E-state index contributed by atoms with van der Waals surface area (Å²) in [5.74, 6) is -0.737. The van der Waals surface area contributed by atoms with E-state index in [0.717, 1.165) is 9.35 Å². The molecule has 88 valence electrons. The zero-order valence-corrected chi connectivity index (χ0v) is 11.0. The van der Waals surface area contributed by atoms with E-state index in [1.54, 1.807) is 11.3 Å². The van der Waals surface area contributed by atoms with E-state index in [4.69, 9.17) is 9.84 Å². The first-order valence-electron chi connectivity index (χ1n) is 4.70. The number of carboxylic acid groups (broad SMARTS) is 1. The highest BCUT2D eigenvalue weighted by Gasteiger charge is 2.11. The fourth-order valence-electron chi connectivity index (χ4n) is 1.25. The number of ether oxygens (including phenoxy) is 1. The predicted octanol–water partition coefficient (Wildman–Crippen LogP) is 3.18. The van der Waals surface area contributed by atoms with E-state index in [0.29, 0.717) is 6.61 Å². The van der Waals surface area contributed by atoms with Gasteiger partial charge in [-0.2, -0.15) is 0 Å². The maximum atomic E-state index is 10.9. The number of hydrogen-bond donors (Lipinski definition) is 1. The molecule has 0 aliphatic carbocycles. The molecule has 2 aromatic heterocycles. The Morgan fingerprint density at radius 1 is 1.59 bits per heavy atom. The number of halogens is 1. The van der Waals surface area contributed by atoms with Crippen molar-refractivity contribution in [1.82, 2.24) is 4.98 Å². The van der Waals surface area contributed by atoms with Gasteiger partial charge >= 0.3 is 5.97 Å². The van der Waals surface area contributed by atoms with Crippen LogP contribution >= 0.6 is 27.3 Å².